The van der Waals surface area contributed by atoms with E-state index in [-0.39, 0.29) is 12.2 Å². The number of aliphatic hydroxyl groups is 1. The molecular weight excluding hydrogens is 206 g/mol. The van der Waals surface area contributed by atoms with E-state index in [1.807, 2.05) is 32.0 Å². The SMILES string of the molecule is Cc1cc(CN(C)C)c(CO)c(C(=O)O)c1. The standard InChI is InChI=1S/C12H17NO3/c1-8-4-9(6-13(2)3)11(7-14)10(5-8)12(15)16/h4-5,14H,6-7H2,1-3H3,(H,15,16). The van der Waals surface area contributed by atoms with E-state index in [4.69, 9.17) is 5.11 Å². The van der Waals surface area contributed by atoms with Gasteiger partial charge in [0.1, 0.15) is 0 Å². The van der Waals surface area contributed by atoms with Crippen LogP contribution in [0.1, 0.15) is 27.0 Å². The van der Waals surface area contributed by atoms with E-state index in [9.17, 15) is 9.90 Å². The number of carboxylic acid groups (broad SMARTS) is 1. The van der Waals surface area contributed by atoms with Crippen molar-refractivity contribution in [1.82, 2.24) is 4.90 Å². The highest BCUT2D eigenvalue weighted by atomic mass is 16.4. The van der Waals surface area contributed by atoms with Gasteiger partial charge in [-0.05, 0) is 43.8 Å². The van der Waals surface area contributed by atoms with Crippen molar-refractivity contribution in [2.24, 2.45) is 0 Å². The maximum absolute atomic E-state index is 11.0. The molecule has 0 aromatic heterocycles. The summed E-state index contributed by atoms with van der Waals surface area (Å²) in [4.78, 5) is 13.0. The summed E-state index contributed by atoms with van der Waals surface area (Å²) in [5, 5.41) is 18.3. The van der Waals surface area contributed by atoms with Gasteiger partial charge in [0.2, 0.25) is 0 Å². The molecule has 0 saturated carbocycles. The van der Waals surface area contributed by atoms with E-state index < -0.39 is 5.97 Å². The molecule has 88 valence electrons. The minimum Gasteiger partial charge on any atom is -0.478 e. The minimum absolute atomic E-state index is 0.194. The molecule has 0 aliphatic carbocycles. The predicted molar refractivity (Wildman–Crippen MR) is 61.5 cm³/mol. The van der Waals surface area contributed by atoms with Crippen LogP contribution >= 0.6 is 0 Å². The number of benzene rings is 1. The number of aromatic carboxylic acids is 1. The smallest absolute Gasteiger partial charge is 0.336 e. The number of hydrogen-bond donors (Lipinski definition) is 2. The van der Waals surface area contributed by atoms with Crippen LogP contribution in [-0.4, -0.2) is 35.2 Å². The predicted octanol–water partition coefficient (Wildman–Crippen LogP) is 1.25. The molecule has 1 rings (SSSR count). The lowest BCUT2D eigenvalue weighted by Gasteiger charge is -2.16. The van der Waals surface area contributed by atoms with Gasteiger partial charge in [-0.2, -0.15) is 0 Å². The van der Waals surface area contributed by atoms with Gasteiger partial charge in [0.25, 0.3) is 0 Å². The van der Waals surface area contributed by atoms with Crippen molar-refractivity contribution >= 4 is 5.97 Å². The van der Waals surface area contributed by atoms with Gasteiger partial charge in [0.05, 0.1) is 12.2 Å². The molecule has 0 atom stereocenters. The monoisotopic (exact) mass is 223 g/mol. The number of carboxylic acids is 1. The van der Waals surface area contributed by atoms with Crippen molar-refractivity contribution < 1.29 is 15.0 Å². The van der Waals surface area contributed by atoms with Crippen molar-refractivity contribution in [3.63, 3.8) is 0 Å². The van der Waals surface area contributed by atoms with Crippen LogP contribution in [-0.2, 0) is 13.2 Å². The summed E-state index contributed by atoms with van der Waals surface area (Å²) in [5.41, 5.74) is 2.46. The molecule has 0 aliphatic rings. The molecule has 0 bridgehead atoms. The van der Waals surface area contributed by atoms with Crippen molar-refractivity contribution in [3.05, 3.63) is 34.4 Å². The number of aryl methyl sites for hydroxylation is 1. The number of carbonyl (C=O) groups is 1. The molecule has 0 fully saturated rings. The van der Waals surface area contributed by atoms with E-state index in [1.165, 1.54) is 0 Å². The fourth-order valence-electron chi connectivity index (χ4n) is 1.75. The number of aliphatic hydroxyl groups excluding tert-OH is 1. The topological polar surface area (TPSA) is 60.8 Å². The summed E-state index contributed by atoms with van der Waals surface area (Å²) in [5.74, 6) is -0.993. The van der Waals surface area contributed by atoms with Crippen LogP contribution < -0.4 is 0 Å². The van der Waals surface area contributed by atoms with Crippen LogP contribution in [0.4, 0.5) is 0 Å². The average molecular weight is 223 g/mol. The van der Waals surface area contributed by atoms with Gasteiger partial charge in [0.15, 0.2) is 0 Å². The van der Waals surface area contributed by atoms with Gasteiger partial charge < -0.3 is 15.1 Å². The van der Waals surface area contributed by atoms with E-state index >= 15 is 0 Å². The Morgan fingerprint density at radius 1 is 1.38 bits per heavy atom. The molecule has 0 unspecified atom stereocenters. The fourth-order valence-corrected chi connectivity index (χ4v) is 1.75. The van der Waals surface area contributed by atoms with Crippen molar-refractivity contribution in [3.8, 4) is 0 Å². The molecule has 0 spiro atoms. The van der Waals surface area contributed by atoms with Crippen LogP contribution in [0.15, 0.2) is 12.1 Å². The Labute approximate surface area is 95.1 Å². The average Bonchev–Trinajstić information content (AvgIpc) is 2.15. The molecule has 4 nitrogen and oxygen atoms in total. The van der Waals surface area contributed by atoms with E-state index in [2.05, 4.69) is 0 Å². The molecule has 0 saturated heterocycles. The van der Waals surface area contributed by atoms with Crippen LogP contribution in [0.5, 0.6) is 0 Å². The number of nitrogens with zero attached hydrogens (tertiary/aromatic N) is 1. The van der Waals surface area contributed by atoms with E-state index in [1.54, 1.807) is 6.07 Å². The zero-order valence-electron chi connectivity index (χ0n) is 9.82. The fraction of sp³-hybridized carbons (Fsp3) is 0.417. The van der Waals surface area contributed by atoms with Crippen molar-refractivity contribution in [2.45, 2.75) is 20.1 Å². The highest BCUT2D eigenvalue weighted by Gasteiger charge is 2.14. The third-order valence-electron chi connectivity index (χ3n) is 2.36. The Hall–Kier alpha value is -1.39. The Bertz CT molecular complexity index is 399. The van der Waals surface area contributed by atoms with Gasteiger partial charge in [-0.15, -0.1) is 0 Å². The zero-order chi connectivity index (χ0) is 12.3. The summed E-state index contributed by atoms with van der Waals surface area (Å²) in [6.45, 7) is 2.23. The Balaban J connectivity index is 3.30. The molecule has 1 aromatic rings. The molecule has 2 N–H and O–H groups in total. The largest absolute Gasteiger partial charge is 0.478 e. The maximum Gasteiger partial charge on any atom is 0.336 e. The molecule has 16 heavy (non-hydrogen) atoms. The van der Waals surface area contributed by atoms with E-state index in [0.29, 0.717) is 12.1 Å². The van der Waals surface area contributed by atoms with Crippen LogP contribution in [0.3, 0.4) is 0 Å². The third kappa shape index (κ3) is 2.81. The molecule has 0 aliphatic heterocycles. The Morgan fingerprint density at radius 3 is 2.44 bits per heavy atom. The third-order valence-corrected chi connectivity index (χ3v) is 2.36. The van der Waals surface area contributed by atoms with Gasteiger partial charge in [0, 0.05) is 6.54 Å². The van der Waals surface area contributed by atoms with Crippen LogP contribution in [0, 0.1) is 6.92 Å². The molecule has 1 aromatic carbocycles. The molecular formula is C12H17NO3. The summed E-state index contributed by atoms with van der Waals surface area (Å²) in [6, 6.07) is 3.50. The molecule has 0 radical (unpaired) electrons. The highest BCUT2D eigenvalue weighted by molar-refractivity contribution is 5.90. The van der Waals surface area contributed by atoms with E-state index in [0.717, 1.165) is 11.1 Å². The quantitative estimate of drug-likeness (QED) is 0.806. The highest BCUT2D eigenvalue weighted by Crippen LogP contribution is 2.19. The Morgan fingerprint density at radius 2 is 2.00 bits per heavy atom. The van der Waals surface area contributed by atoms with Crippen molar-refractivity contribution in [2.75, 3.05) is 14.1 Å². The van der Waals surface area contributed by atoms with Gasteiger partial charge in [-0.25, -0.2) is 4.79 Å². The van der Waals surface area contributed by atoms with Gasteiger partial charge in [-0.1, -0.05) is 6.07 Å². The first-order valence-corrected chi connectivity index (χ1v) is 5.07. The van der Waals surface area contributed by atoms with Gasteiger partial charge >= 0.3 is 5.97 Å². The number of hydrogen-bond acceptors (Lipinski definition) is 3. The minimum atomic E-state index is -0.993. The maximum atomic E-state index is 11.0. The summed E-state index contributed by atoms with van der Waals surface area (Å²) in [7, 11) is 3.81. The molecule has 4 heteroatoms. The zero-order valence-corrected chi connectivity index (χ0v) is 9.82. The second-order valence-electron chi connectivity index (χ2n) is 4.15. The summed E-state index contributed by atoms with van der Waals surface area (Å²) >= 11 is 0. The second kappa shape index (κ2) is 5.09. The second-order valence-corrected chi connectivity index (χ2v) is 4.15. The molecule has 0 heterocycles. The van der Waals surface area contributed by atoms with Crippen molar-refractivity contribution in [1.29, 1.82) is 0 Å². The van der Waals surface area contributed by atoms with Crippen LogP contribution in [0.2, 0.25) is 0 Å². The lowest BCUT2D eigenvalue weighted by molar-refractivity contribution is 0.0693. The summed E-state index contributed by atoms with van der Waals surface area (Å²) in [6.07, 6.45) is 0. The Kier molecular flexibility index (Phi) is 4.04. The normalized spacial score (nSPS) is 10.8. The lowest BCUT2D eigenvalue weighted by Crippen LogP contribution is -2.15. The molecule has 0 amide bonds. The number of rotatable bonds is 4. The first-order chi connectivity index (χ1) is 7.45. The lowest BCUT2D eigenvalue weighted by atomic mass is 9.98. The first-order valence-electron chi connectivity index (χ1n) is 5.07. The van der Waals surface area contributed by atoms with Gasteiger partial charge in [-0.3, -0.25) is 0 Å². The van der Waals surface area contributed by atoms with Crippen LogP contribution in [0.25, 0.3) is 0 Å². The summed E-state index contributed by atoms with van der Waals surface area (Å²) < 4.78 is 0. The first kappa shape index (κ1) is 12.7.